The van der Waals surface area contributed by atoms with E-state index in [-0.39, 0.29) is 0 Å². The molecule has 104 valence electrons. The van der Waals surface area contributed by atoms with Crippen LogP contribution < -0.4 is 5.32 Å². The van der Waals surface area contributed by atoms with E-state index >= 15 is 0 Å². The van der Waals surface area contributed by atoms with Gasteiger partial charge >= 0.3 is 0 Å². The van der Waals surface area contributed by atoms with Gasteiger partial charge < -0.3 is 5.32 Å². The fourth-order valence-corrected chi connectivity index (χ4v) is 3.38. The highest BCUT2D eigenvalue weighted by Gasteiger charge is 2.42. The molecule has 19 heavy (non-hydrogen) atoms. The summed E-state index contributed by atoms with van der Waals surface area (Å²) in [6.07, 6.45) is 4.05. The van der Waals surface area contributed by atoms with E-state index in [1.807, 2.05) is 12.1 Å². The Hall–Kier alpha value is -0.570. The van der Waals surface area contributed by atoms with Gasteiger partial charge in [-0.2, -0.15) is 0 Å². The fraction of sp³-hybridized carbons (Fsp3) is 0.625. The Labute approximate surface area is 121 Å². The van der Waals surface area contributed by atoms with Crippen molar-refractivity contribution in [2.45, 2.75) is 38.3 Å². The third kappa shape index (κ3) is 3.31. The van der Waals surface area contributed by atoms with E-state index in [0.717, 1.165) is 24.0 Å². The highest BCUT2D eigenvalue weighted by molar-refractivity contribution is 6.30. The van der Waals surface area contributed by atoms with Gasteiger partial charge in [-0.3, -0.25) is 4.90 Å². The molecule has 1 N–H and O–H groups in total. The number of hydrogen-bond acceptors (Lipinski definition) is 2. The summed E-state index contributed by atoms with van der Waals surface area (Å²) in [6.45, 7) is 6.97. The largest absolute Gasteiger partial charge is 0.310 e. The van der Waals surface area contributed by atoms with Gasteiger partial charge in [0.25, 0.3) is 0 Å². The van der Waals surface area contributed by atoms with Crippen molar-refractivity contribution in [3.63, 3.8) is 0 Å². The summed E-state index contributed by atoms with van der Waals surface area (Å²) in [7, 11) is 0. The van der Waals surface area contributed by atoms with Gasteiger partial charge in [0.2, 0.25) is 0 Å². The number of nitrogens with one attached hydrogen (secondary N) is 1. The second-order valence-electron chi connectivity index (χ2n) is 6.31. The van der Waals surface area contributed by atoms with Gasteiger partial charge in [0.15, 0.2) is 0 Å². The standard InChI is InChI=1S/C16H23ClN2/c1-16(14-5-6-14)12-19(10-2-9-18-16)11-13-3-7-15(17)8-4-13/h3-4,7-8,14,18H,2,5-6,9-12H2,1H3. The first-order valence-corrected chi connectivity index (χ1v) is 7.75. The minimum Gasteiger partial charge on any atom is -0.310 e. The molecule has 0 bridgehead atoms. The van der Waals surface area contributed by atoms with Gasteiger partial charge in [0.05, 0.1) is 0 Å². The Bertz CT molecular complexity index is 427. The second kappa shape index (κ2) is 5.43. The van der Waals surface area contributed by atoms with Crippen molar-refractivity contribution in [1.82, 2.24) is 10.2 Å². The number of hydrogen-bond donors (Lipinski definition) is 1. The quantitative estimate of drug-likeness (QED) is 0.913. The predicted octanol–water partition coefficient (Wildman–Crippen LogP) is 3.30. The van der Waals surface area contributed by atoms with Crippen molar-refractivity contribution in [3.05, 3.63) is 34.9 Å². The monoisotopic (exact) mass is 278 g/mol. The molecule has 1 aliphatic heterocycles. The van der Waals surface area contributed by atoms with Crippen molar-refractivity contribution in [2.75, 3.05) is 19.6 Å². The third-order valence-corrected chi connectivity index (χ3v) is 4.78. The summed E-state index contributed by atoms with van der Waals surface area (Å²) in [4.78, 5) is 2.60. The lowest BCUT2D eigenvalue weighted by Gasteiger charge is -2.34. The lowest BCUT2D eigenvalue weighted by molar-refractivity contribution is 0.195. The molecule has 1 atom stereocenters. The molecular weight excluding hydrogens is 256 g/mol. The van der Waals surface area contributed by atoms with Gasteiger partial charge in [0, 0.05) is 23.7 Å². The molecule has 1 aliphatic carbocycles. The number of halogens is 1. The molecule has 1 saturated heterocycles. The SMILES string of the molecule is CC1(C2CC2)CN(Cc2ccc(Cl)cc2)CCCN1. The van der Waals surface area contributed by atoms with E-state index in [2.05, 4.69) is 29.3 Å². The molecule has 3 rings (SSSR count). The van der Waals surface area contributed by atoms with Crippen LogP contribution in [-0.2, 0) is 6.54 Å². The predicted molar refractivity (Wildman–Crippen MR) is 80.5 cm³/mol. The fourth-order valence-electron chi connectivity index (χ4n) is 3.25. The Kier molecular flexibility index (Phi) is 3.84. The van der Waals surface area contributed by atoms with Crippen LogP contribution in [0, 0.1) is 5.92 Å². The van der Waals surface area contributed by atoms with Gasteiger partial charge in [-0.05, 0) is 62.9 Å². The van der Waals surface area contributed by atoms with Crippen molar-refractivity contribution in [2.24, 2.45) is 5.92 Å². The topological polar surface area (TPSA) is 15.3 Å². The van der Waals surface area contributed by atoms with Crippen LogP contribution in [0.15, 0.2) is 24.3 Å². The van der Waals surface area contributed by atoms with Crippen LogP contribution in [0.1, 0.15) is 31.7 Å². The molecule has 1 heterocycles. The van der Waals surface area contributed by atoms with Crippen LogP contribution in [0.2, 0.25) is 5.02 Å². The molecule has 0 spiro atoms. The Morgan fingerprint density at radius 3 is 2.74 bits per heavy atom. The Morgan fingerprint density at radius 2 is 2.05 bits per heavy atom. The lowest BCUT2D eigenvalue weighted by Crippen LogP contribution is -2.50. The van der Waals surface area contributed by atoms with E-state index in [1.165, 1.54) is 37.9 Å². The van der Waals surface area contributed by atoms with Gasteiger partial charge in [-0.1, -0.05) is 23.7 Å². The number of benzene rings is 1. The highest BCUT2D eigenvalue weighted by Crippen LogP contribution is 2.40. The lowest BCUT2D eigenvalue weighted by atomic mass is 9.95. The Balaban J connectivity index is 1.67. The second-order valence-corrected chi connectivity index (χ2v) is 6.75. The van der Waals surface area contributed by atoms with E-state index in [4.69, 9.17) is 11.6 Å². The molecule has 1 aromatic carbocycles. The van der Waals surface area contributed by atoms with Gasteiger partial charge in [-0.25, -0.2) is 0 Å². The summed E-state index contributed by atoms with van der Waals surface area (Å²) >= 11 is 5.95. The molecule has 1 unspecified atom stereocenters. The average Bonchev–Trinajstić information content (AvgIpc) is 3.20. The van der Waals surface area contributed by atoms with Gasteiger partial charge in [0.1, 0.15) is 0 Å². The zero-order valence-corrected chi connectivity index (χ0v) is 12.4. The summed E-state index contributed by atoms with van der Waals surface area (Å²) in [5.41, 5.74) is 1.69. The highest BCUT2D eigenvalue weighted by atomic mass is 35.5. The normalized spacial score (nSPS) is 29.2. The molecular formula is C16H23ClN2. The molecule has 0 radical (unpaired) electrons. The summed E-state index contributed by atoms with van der Waals surface area (Å²) in [6, 6.07) is 8.28. The maximum Gasteiger partial charge on any atom is 0.0406 e. The van der Waals surface area contributed by atoms with Crippen LogP contribution >= 0.6 is 11.6 Å². The first kappa shape index (κ1) is 13.4. The maximum atomic E-state index is 5.95. The molecule has 3 heteroatoms. The molecule has 2 nitrogen and oxygen atoms in total. The van der Waals surface area contributed by atoms with Crippen molar-refractivity contribution < 1.29 is 0 Å². The molecule has 1 aromatic rings. The zero-order chi connectivity index (χ0) is 13.3. The van der Waals surface area contributed by atoms with Crippen molar-refractivity contribution >= 4 is 11.6 Å². The Morgan fingerprint density at radius 1 is 1.32 bits per heavy atom. The molecule has 1 saturated carbocycles. The van der Waals surface area contributed by atoms with Gasteiger partial charge in [-0.15, -0.1) is 0 Å². The van der Waals surface area contributed by atoms with E-state index in [0.29, 0.717) is 5.54 Å². The van der Waals surface area contributed by atoms with Crippen molar-refractivity contribution in [1.29, 1.82) is 0 Å². The zero-order valence-electron chi connectivity index (χ0n) is 11.7. The van der Waals surface area contributed by atoms with Crippen LogP contribution in [0.4, 0.5) is 0 Å². The summed E-state index contributed by atoms with van der Waals surface area (Å²) in [5.74, 6) is 0.887. The summed E-state index contributed by atoms with van der Waals surface area (Å²) < 4.78 is 0. The van der Waals surface area contributed by atoms with Crippen molar-refractivity contribution in [3.8, 4) is 0 Å². The smallest absolute Gasteiger partial charge is 0.0406 e. The molecule has 0 aromatic heterocycles. The maximum absolute atomic E-state index is 5.95. The molecule has 2 fully saturated rings. The molecule has 0 amide bonds. The minimum absolute atomic E-state index is 0.322. The van der Waals surface area contributed by atoms with E-state index in [9.17, 15) is 0 Å². The van der Waals surface area contributed by atoms with Crippen LogP contribution in [-0.4, -0.2) is 30.1 Å². The van der Waals surface area contributed by atoms with Crippen LogP contribution in [0.25, 0.3) is 0 Å². The third-order valence-electron chi connectivity index (χ3n) is 4.53. The number of rotatable bonds is 3. The minimum atomic E-state index is 0.322. The first-order chi connectivity index (χ1) is 9.16. The first-order valence-electron chi connectivity index (χ1n) is 7.37. The summed E-state index contributed by atoms with van der Waals surface area (Å²) in [5, 5.41) is 4.61. The number of nitrogens with zero attached hydrogens (tertiary/aromatic N) is 1. The van der Waals surface area contributed by atoms with Crippen LogP contribution in [0.5, 0.6) is 0 Å². The van der Waals surface area contributed by atoms with Crippen LogP contribution in [0.3, 0.4) is 0 Å². The van der Waals surface area contributed by atoms with E-state index < -0.39 is 0 Å². The van der Waals surface area contributed by atoms with E-state index in [1.54, 1.807) is 0 Å². The average molecular weight is 279 g/mol. The molecule has 2 aliphatic rings.